The SMILES string of the molecule is Nc1c(Cl)cc(Cl)cc1C(=O)OC1CCCC1. The third-order valence-corrected chi connectivity index (χ3v) is 3.42. The molecule has 0 heterocycles. The molecule has 0 bridgehead atoms. The van der Waals surface area contributed by atoms with Crippen molar-refractivity contribution >= 4 is 34.9 Å². The van der Waals surface area contributed by atoms with Gasteiger partial charge in [0, 0.05) is 5.02 Å². The molecule has 0 aromatic heterocycles. The fourth-order valence-corrected chi connectivity index (χ4v) is 2.47. The fraction of sp³-hybridized carbons (Fsp3) is 0.417. The molecule has 2 N–H and O–H groups in total. The smallest absolute Gasteiger partial charge is 0.340 e. The Morgan fingerprint density at radius 1 is 1.29 bits per heavy atom. The van der Waals surface area contributed by atoms with Gasteiger partial charge in [-0.25, -0.2) is 4.79 Å². The number of halogens is 2. The Morgan fingerprint density at radius 2 is 1.94 bits per heavy atom. The number of hydrogen-bond donors (Lipinski definition) is 1. The molecule has 0 amide bonds. The van der Waals surface area contributed by atoms with Crippen molar-refractivity contribution in [3.05, 3.63) is 27.7 Å². The van der Waals surface area contributed by atoms with Crippen molar-refractivity contribution in [2.24, 2.45) is 0 Å². The Morgan fingerprint density at radius 3 is 2.59 bits per heavy atom. The van der Waals surface area contributed by atoms with Crippen molar-refractivity contribution in [3.8, 4) is 0 Å². The summed E-state index contributed by atoms with van der Waals surface area (Å²) in [7, 11) is 0. The molecule has 1 aliphatic rings. The number of hydrogen-bond acceptors (Lipinski definition) is 3. The number of nitrogens with two attached hydrogens (primary N) is 1. The molecule has 1 fully saturated rings. The molecule has 0 saturated heterocycles. The fourth-order valence-electron chi connectivity index (χ4n) is 1.97. The Kier molecular flexibility index (Phi) is 3.79. The van der Waals surface area contributed by atoms with Gasteiger partial charge >= 0.3 is 5.97 Å². The lowest BCUT2D eigenvalue weighted by molar-refractivity contribution is 0.0319. The summed E-state index contributed by atoms with van der Waals surface area (Å²) in [5.74, 6) is -0.446. The van der Waals surface area contributed by atoms with Crippen LogP contribution < -0.4 is 5.73 Å². The predicted octanol–water partition coefficient (Wildman–Crippen LogP) is 3.68. The first kappa shape index (κ1) is 12.5. The van der Waals surface area contributed by atoms with Crippen molar-refractivity contribution in [1.82, 2.24) is 0 Å². The molecule has 0 aliphatic heterocycles. The molecular weight excluding hydrogens is 261 g/mol. The largest absolute Gasteiger partial charge is 0.459 e. The summed E-state index contributed by atoms with van der Waals surface area (Å²) in [4.78, 5) is 11.9. The summed E-state index contributed by atoms with van der Waals surface area (Å²) in [6, 6.07) is 2.99. The molecule has 17 heavy (non-hydrogen) atoms. The minimum absolute atomic E-state index is 0.000317. The van der Waals surface area contributed by atoms with Gasteiger partial charge in [-0.3, -0.25) is 0 Å². The molecule has 1 aromatic carbocycles. The summed E-state index contributed by atoms with van der Waals surface area (Å²) in [5, 5.41) is 0.651. The zero-order chi connectivity index (χ0) is 12.4. The van der Waals surface area contributed by atoms with Crippen LogP contribution in [0.1, 0.15) is 36.0 Å². The van der Waals surface area contributed by atoms with Crippen LogP contribution in [-0.2, 0) is 4.74 Å². The van der Waals surface area contributed by atoms with Crippen LogP contribution in [0.2, 0.25) is 10.0 Å². The van der Waals surface area contributed by atoms with E-state index in [1.165, 1.54) is 12.1 Å². The van der Waals surface area contributed by atoms with Gasteiger partial charge in [-0.1, -0.05) is 23.2 Å². The maximum atomic E-state index is 11.9. The van der Waals surface area contributed by atoms with Gasteiger partial charge in [0.2, 0.25) is 0 Å². The van der Waals surface area contributed by atoms with Gasteiger partial charge in [-0.05, 0) is 37.8 Å². The van der Waals surface area contributed by atoms with Gasteiger partial charge in [0.1, 0.15) is 6.10 Å². The van der Waals surface area contributed by atoms with Crippen molar-refractivity contribution in [3.63, 3.8) is 0 Å². The Hall–Kier alpha value is -0.930. The molecule has 5 heteroatoms. The van der Waals surface area contributed by atoms with Gasteiger partial charge in [-0.2, -0.15) is 0 Å². The minimum Gasteiger partial charge on any atom is -0.459 e. The average Bonchev–Trinajstić information content (AvgIpc) is 2.76. The molecule has 1 saturated carbocycles. The highest BCUT2D eigenvalue weighted by Crippen LogP contribution is 2.29. The first-order valence-corrected chi connectivity index (χ1v) is 6.29. The lowest BCUT2D eigenvalue weighted by atomic mass is 10.2. The molecule has 1 aliphatic carbocycles. The van der Waals surface area contributed by atoms with E-state index in [1.54, 1.807) is 0 Å². The maximum Gasteiger partial charge on any atom is 0.340 e. The molecule has 2 rings (SSSR count). The van der Waals surface area contributed by atoms with Gasteiger partial charge in [0.05, 0.1) is 16.3 Å². The first-order valence-electron chi connectivity index (χ1n) is 5.53. The predicted molar refractivity (Wildman–Crippen MR) is 68.5 cm³/mol. The van der Waals surface area contributed by atoms with E-state index in [0.29, 0.717) is 5.02 Å². The number of carbonyl (C=O) groups excluding carboxylic acids is 1. The monoisotopic (exact) mass is 273 g/mol. The van der Waals surface area contributed by atoms with Crippen LogP contribution in [0, 0.1) is 0 Å². The van der Waals surface area contributed by atoms with Crippen LogP contribution in [0.15, 0.2) is 12.1 Å². The zero-order valence-electron chi connectivity index (χ0n) is 9.21. The third-order valence-electron chi connectivity index (χ3n) is 2.89. The van der Waals surface area contributed by atoms with Crippen LogP contribution in [0.3, 0.4) is 0 Å². The average molecular weight is 274 g/mol. The number of carbonyl (C=O) groups is 1. The van der Waals surface area contributed by atoms with Crippen LogP contribution >= 0.6 is 23.2 Å². The summed E-state index contributed by atoms with van der Waals surface area (Å²) in [6.07, 6.45) is 4.03. The second-order valence-electron chi connectivity index (χ2n) is 4.16. The van der Waals surface area contributed by atoms with Crippen molar-refractivity contribution in [2.45, 2.75) is 31.8 Å². The number of benzene rings is 1. The molecule has 0 spiro atoms. The standard InChI is InChI=1S/C12H13Cl2NO2/c13-7-5-9(11(15)10(14)6-7)12(16)17-8-3-1-2-4-8/h5-6,8H,1-4,15H2. The van der Waals surface area contributed by atoms with Crippen LogP contribution in [0.25, 0.3) is 0 Å². The second-order valence-corrected chi connectivity index (χ2v) is 5.00. The van der Waals surface area contributed by atoms with E-state index in [1.807, 2.05) is 0 Å². The maximum absolute atomic E-state index is 11.9. The molecule has 1 aromatic rings. The Labute approximate surface area is 110 Å². The van der Waals surface area contributed by atoms with E-state index < -0.39 is 5.97 Å². The number of anilines is 1. The van der Waals surface area contributed by atoms with Crippen molar-refractivity contribution < 1.29 is 9.53 Å². The molecular formula is C12H13Cl2NO2. The van der Waals surface area contributed by atoms with Gasteiger partial charge in [0.15, 0.2) is 0 Å². The topological polar surface area (TPSA) is 52.3 Å². The molecule has 0 radical (unpaired) electrons. The van der Waals surface area contributed by atoms with E-state index in [0.717, 1.165) is 25.7 Å². The Bertz CT molecular complexity index is 442. The van der Waals surface area contributed by atoms with E-state index in [4.69, 9.17) is 33.7 Å². The highest BCUT2D eigenvalue weighted by atomic mass is 35.5. The van der Waals surface area contributed by atoms with Gasteiger partial charge in [-0.15, -0.1) is 0 Å². The number of ether oxygens (including phenoxy) is 1. The number of esters is 1. The summed E-state index contributed by atoms with van der Waals surface area (Å²) < 4.78 is 5.35. The molecule has 0 atom stereocenters. The quantitative estimate of drug-likeness (QED) is 0.661. The third kappa shape index (κ3) is 2.85. The van der Waals surface area contributed by atoms with E-state index in [2.05, 4.69) is 0 Å². The van der Waals surface area contributed by atoms with Crippen LogP contribution in [0.4, 0.5) is 5.69 Å². The van der Waals surface area contributed by atoms with E-state index >= 15 is 0 Å². The lowest BCUT2D eigenvalue weighted by Crippen LogP contribution is -2.16. The minimum atomic E-state index is -0.446. The Balaban J connectivity index is 2.18. The normalized spacial score (nSPS) is 16.1. The molecule has 0 unspecified atom stereocenters. The molecule has 92 valence electrons. The molecule has 3 nitrogen and oxygen atoms in total. The van der Waals surface area contributed by atoms with Crippen molar-refractivity contribution in [2.75, 3.05) is 5.73 Å². The summed E-state index contributed by atoms with van der Waals surface area (Å²) in [6.45, 7) is 0. The lowest BCUT2D eigenvalue weighted by Gasteiger charge is -2.13. The number of nitrogen functional groups attached to an aromatic ring is 1. The van der Waals surface area contributed by atoms with E-state index in [-0.39, 0.29) is 22.4 Å². The van der Waals surface area contributed by atoms with Gasteiger partial charge < -0.3 is 10.5 Å². The highest BCUT2D eigenvalue weighted by Gasteiger charge is 2.22. The van der Waals surface area contributed by atoms with Crippen LogP contribution in [0.5, 0.6) is 0 Å². The number of rotatable bonds is 2. The van der Waals surface area contributed by atoms with Crippen molar-refractivity contribution in [1.29, 1.82) is 0 Å². The first-order chi connectivity index (χ1) is 8.08. The van der Waals surface area contributed by atoms with Gasteiger partial charge in [0.25, 0.3) is 0 Å². The zero-order valence-corrected chi connectivity index (χ0v) is 10.7. The van der Waals surface area contributed by atoms with E-state index in [9.17, 15) is 4.79 Å². The summed E-state index contributed by atoms with van der Waals surface area (Å²) >= 11 is 11.7. The highest BCUT2D eigenvalue weighted by molar-refractivity contribution is 6.37. The second kappa shape index (κ2) is 5.15. The summed E-state index contributed by atoms with van der Waals surface area (Å²) in [5.41, 5.74) is 6.20. The van der Waals surface area contributed by atoms with Crippen LogP contribution in [-0.4, -0.2) is 12.1 Å².